The van der Waals surface area contributed by atoms with Crippen molar-refractivity contribution in [2.45, 2.75) is 12.0 Å². The molecule has 2 aliphatic rings. The smallest absolute Gasteiger partial charge is 0.0989 e. The Morgan fingerprint density at radius 1 is 1.33 bits per heavy atom. The van der Waals surface area contributed by atoms with Crippen LogP contribution in [0.15, 0.2) is 24.3 Å². The van der Waals surface area contributed by atoms with Gasteiger partial charge < -0.3 is 15.4 Å². The van der Waals surface area contributed by atoms with Crippen molar-refractivity contribution in [2.75, 3.05) is 31.2 Å². The molecule has 2 heterocycles. The third-order valence-corrected chi connectivity index (χ3v) is 3.58. The van der Waals surface area contributed by atoms with E-state index < -0.39 is 0 Å². The number of anilines is 1. The maximum absolute atomic E-state index is 5.88. The predicted molar refractivity (Wildman–Crippen MR) is 60.1 cm³/mol. The van der Waals surface area contributed by atoms with E-state index in [9.17, 15) is 0 Å². The molecule has 15 heavy (non-hydrogen) atoms. The zero-order valence-electron chi connectivity index (χ0n) is 8.78. The molecular formula is C12H16N2O. The molecule has 2 N–H and O–H groups in total. The van der Waals surface area contributed by atoms with Crippen LogP contribution < -0.4 is 10.6 Å². The van der Waals surface area contributed by atoms with Gasteiger partial charge in [-0.3, -0.25) is 0 Å². The molecule has 0 aliphatic carbocycles. The normalized spacial score (nSPS) is 22.3. The van der Waals surface area contributed by atoms with Crippen LogP contribution in [-0.4, -0.2) is 31.8 Å². The Morgan fingerprint density at radius 2 is 2.13 bits per heavy atom. The number of para-hydroxylation sites is 1. The van der Waals surface area contributed by atoms with Crippen LogP contribution in [0.25, 0.3) is 0 Å². The van der Waals surface area contributed by atoms with Gasteiger partial charge >= 0.3 is 0 Å². The van der Waals surface area contributed by atoms with Crippen LogP contribution in [-0.2, 0) is 11.2 Å². The molecule has 1 aromatic rings. The minimum Gasteiger partial charge on any atom is -0.376 e. The monoisotopic (exact) mass is 204 g/mol. The molecule has 0 unspecified atom stereocenters. The van der Waals surface area contributed by atoms with Crippen LogP contribution in [0, 0.1) is 0 Å². The van der Waals surface area contributed by atoms with Gasteiger partial charge in [-0.25, -0.2) is 0 Å². The summed E-state index contributed by atoms with van der Waals surface area (Å²) < 4.78 is 5.33. The first-order valence-corrected chi connectivity index (χ1v) is 5.49. The van der Waals surface area contributed by atoms with Crippen molar-refractivity contribution in [3.05, 3.63) is 29.8 Å². The quantitative estimate of drug-likeness (QED) is 0.773. The molecule has 0 aromatic heterocycles. The zero-order chi connectivity index (χ0) is 10.3. The minimum atomic E-state index is 0.0760. The molecule has 0 radical (unpaired) electrons. The van der Waals surface area contributed by atoms with Crippen LogP contribution in [0.3, 0.4) is 0 Å². The van der Waals surface area contributed by atoms with Crippen LogP contribution in [0.5, 0.6) is 0 Å². The average Bonchev–Trinajstić information content (AvgIpc) is 2.62. The molecule has 0 bridgehead atoms. The molecule has 0 amide bonds. The van der Waals surface area contributed by atoms with Crippen LogP contribution in [0.4, 0.5) is 5.69 Å². The first-order valence-electron chi connectivity index (χ1n) is 5.49. The molecule has 1 saturated heterocycles. The Bertz CT molecular complexity index is 368. The number of hydrogen-bond acceptors (Lipinski definition) is 3. The number of fused-ring (bicyclic) bond motifs is 1. The predicted octanol–water partition coefficient (Wildman–Crippen LogP) is 0.777. The summed E-state index contributed by atoms with van der Waals surface area (Å²) in [5, 5.41) is 0. The Hall–Kier alpha value is -1.06. The van der Waals surface area contributed by atoms with Crippen molar-refractivity contribution < 1.29 is 4.74 Å². The van der Waals surface area contributed by atoms with E-state index in [1.807, 2.05) is 0 Å². The second-order valence-electron chi connectivity index (χ2n) is 4.45. The molecule has 0 spiro atoms. The van der Waals surface area contributed by atoms with Gasteiger partial charge in [-0.1, -0.05) is 18.2 Å². The zero-order valence-corrected chi connectivity index (χ0v) is 8.78. The van der Waals surface area contributed by atoms with Crippen LogP contribution >= 0.6 is 0 Å². The number of ether oxygens (including phenoxy) is 1. The average molecular weight is 204 g/mol. The molecule has 3 nitrogen and oxygen atoms in total. The molecule has 0 atom stereocenters. The maximum atomic E-state index is 5.88. The fourth-order valence-electron chi connectivity index (χ4n) is 2.55. The number of nitrogens with zero attached hydrogens (tertiary/aromatic N) is 1. The highest BCUT2D eigenvalue weighted by molar-refractivity contribution is 5.60. The lowest BCUT2D eigenvalue weighted by molar-refractivity contribution is -0.0518. The second kappa shape index (κ2) is 3.22. The van der Waals surface area contributed by atoms with E-state index in [-0.39, 0.29) is 5.54 Å². The molecular weight excluding hydrogens is 188 g/mol. The van der Waals surface area contributed by atoms with Crippen LogP contribution in [0.1, 0.15) is 5.56 Å². The molecule has 1 aromatic carbocycles. The Kier molecular flexibility index (Phi) is 1.97. The molecule has 3 heteroatoms. The van der Waals surface area contributed by atoms with E-state index in [1.54, 1.807) is 0 Å². The van der Waals surface area contributed by atoms with Gasteiger partial charge in [0.2, 0.25) is 0 Å². The van der Waals surface area contributed by atoms with Crippen molar-refractivity contribution in [2.24, 2.45) is 5.73 Å². The van der Waals surface area contributed by atoms with E-state index in [1.165, 1.54) is 11.3 Å². The van der Waals surface area contributed by atoms with Gasteiger partial charge in [0.05, 0.1) is 18.8 Å². The highest BCUT2D eigenvalue weighted by atomic mass is 16.5. The van der Waals surface area contributed by atoms with Crippen molar-refractivity contribution in [3.8, 4) is 0 Å². The standard InChI is InChI=1S/C12H16N2O/c13-7-12(8-15-9-12)14-6-5-10-3-1-2-4-11(10)14/h1-4H,5-9,13H2. The molecule has 80 valence electrons. The fourth-order valence-corrected chi connectivity index (χ4v) is 2.55. The van der Waals surface area contributed by atoms with Gasteiger partial charge in [0.15, 0.2) is 0 Å². The first kappa shape index (κ1) is 9.19. The van der Waals surface area contributed by atoms with Crippen molar-refractivity contribution >= 4 is 5.69 Å². The van der Waals surface area contributed by atoms with Crippen molar-refractivity contribution in [1.82, 2.24) is 0 Å². The summed E-state index contributed by atoms with van der Waals surface area (Å²) in [6, 6.07) is 8.60. The van der Waals surface area contributed by atoms with Gasteiger partial charge in [0.25, 0.3) is 0 Å². The van der Waals surface area contributed by atoms with Gasteiger partial charge in [-0.05, 0) is 18.1 Å². The molecule has 0 saturated carbocycles. The fraction of sp³-hybridized carbons (Fsp3) is 0.500. The minimum absolute atomic E-state index is 0.0760. The van der Waals surface area contributed by atoms with E-state index in [0.717, 1.165) is 26.2 Å². The third kappa shape index (κ3) is 1.20. The second-order valence-corrected chi connectivity index (χ2v) is 4.45. The number of hydrogen-bond donors (Lipinski definition) is 1. The van der Waals surface area contributed by atoms with Crippen molar-refractivity contribution in [1.29, 1.82) is 0 Å². The highest BCUT2D eigenvalue weighted by Gasteiger charge is 2.45. The van der Waals surface area contributed by atoms with E-state index >= 15 is 0 Å². The van der Waals surface area contributed by atoms with E-state index in [0.29, 0.717) is 6.54 Å². The summed E-state index contributed by atoms with van der Waals surface area (Å²) in [5.74, 6) is 0. The van der Waals surface area contributed by atoms with Gasteiger partial charge in [-0.15, -0.1) is 0 Å². The van der Waals surface area contributed by atoms with Gasteiger partial charge in [0, 0.05) is 18.8 Å². The number of benzene rings is 1. The third-order valence-electron chi connectivity index (χ3n) is 3.58. The summed E-state index contributed by atoms with van der Waals surface area (Å²) in [6.45, 7) is 3.32. The maximum Gasteiger partial charge on any atom is 0.0989 e. The summed E-state index contributed by atoms with van der Waals surface area (Å²) >= 11 is 0. The lowest BCUT2D eigenvalue weighted by Crippen LogP contribution is -2.66. The first-order chi connectivity index (χ1) is 7.36. The lowest BCUT2D eigenvalue weighted by Gasteiger charge is -2.48. The topological polar surface area (TPSA) is 38.5 Å². The van der Waals surface area contributed by atoms with E-state index in [2.05, 4.69) is 29.2 Å². The Labute approximate surface area is 89.8 Å². The molecule has 1 fully saturated rings. The Balaban J connectivity index is 1.96. The molecule has 3 rings (SSSR count). The highest BCUT2D eigenvalue weighted by Crippen LogP contribution is 2.36. The summed E-state index contributed by atoms with van der Waals surface area (Å²) in [4.78, 5) is 2.44. The van der Waals surface area contributed by atoms with Crippen molar-refractivity contribution in [3.63, 3.8) is 0 Å². The van der Waals surface area contributed by atoms with Gasteiger partial charge in [-0.2, -0.15) is 0 Å². The Morgan fingerprint density at radius 3 is 2.80 bits per heavy atom. The summed E-state index contributed by atoms with van der Waals surface area (Å²) in [6.07, 6.45) is 1.14. The number of nitrogens with two attached hydrogens (primary N) is 1. The largest absolute Gasteiger partial charge is 0.376 e. The SMILES string of the molecule is NCC1(N2CCc3ccccc32)COC1. The van der Waals surface area contributed by atoms with Crippen LogP contribution in [0.2, 0.25) is 0 Å². The molecule has 2 aliphatic heterocycles. The lowest BCUT2D eigenvalue weighted by atomic mass is 9.95. The summed E-state index contributed by atoms with van der Waals surface area (Å²) in [5.41, 5.74) is 8.75. The summed E-state index contributed by atoms with van der Waals surface area (Å²) in [7, 11) is 0. The van der Waals surface area contributed by atoms with E-state index in [4.69, 9.17) is 10.5 Å². The van der Waals surface area contributed by atoms with Gasteiger partial charge in [0.1, 0.15) is 0 Å². The number of rotatable bonds is 2.